The van der Waals surface area contributed by atoms with Crippen LogP contribution in [0.3, 0.4) is 0 Å². The Morgan fingerprint density at radius 2 is 1.65 bits per heavy atom. The number of carbonyl (C=O) groups excluding carboxylic acids is 2. The van der Waals surface area contributed by atoms with Crippen molar-refractivity contribution in [1.82, 2.24) is 5.32 Å². The molecule has 0 aliphatic carbocycles. The molecule has 0 saturated heterocycles. The lowest BCUT2D eigenvalue weighted by atomic mass is 10.0. The number of hydrogen-bond acceptors (Lipinski definition) is 7. The van der Waals surface area contributed by atoms with Gasteiger partial charge in [0.15, 0.2) is 17.3 Å². The summed E-state index contributed by atoms with van der Waals surface area (Å²) in [6.45, 7) is 1.79. The van der Waals surface area contributed by atoms with E-state index >= 15 is 0 Å². The third-order valence-corrected chi connectivity index (χ3v) is 9.61. The van der Waals surface area contributed by atoms with Gasteiger partial charge in [0, 0.05) is 22.5 Å². The van der Waals surface area contributed by atoms with Crippen molar-refractivity contribution in [2.45, 2.75) is 37.9 Å². The Kier molecular flexibility index (Phi) is 12.5. The first-order chi connectivity index (χ1) is 19.2. The maximum Gasteiger partial charge on any atom is 0.434 e. The molecule has 0 radical (unpaired) electrons. The summed E-state index contributed by atoms with van der Waals surface area (Å²) in [6, 6.07) is 17.1. The van der Waals surface area contributed by atoms with Crippen molar-refractivity contribution in [3.8, 4) is 23.0 Å². The lowest BCUT2D eigenvalue weighted by molar-refractivity contribution is -0.123. The number of rotatable bonds is 16. The van der Waals surface area contributed by atoms with Crippen LogP contribution in [0.4, 0.5) is 0 Å². The minimum absolute atomic E-state index is 0.0358. The van der Waals surface area contributed by atoms with Gasteiger partial charge in [-0.05, 0) is 67.3 Å². The zero-order valence-electron chi connectivity index (χ0n) is 21.9. The molecule has 3 aromatic carbocycles. The first-order valence-electron chi connectivity index (χ1n) is 12.4. The molecule has 3 aromatic rings. The highest BCUT2D eigenvalue weighted by Gasteiger charge is 2.41. The second kappa shape index (κ2) is 15.6. The molecule has 1 N–H and O–H groups in total. The zero-order chi connectivity index (χ0) is 29.1. The van der Waals surface area contributed by atoms with Crippen molar-refractivity contribution in [3.05, 3.63) is 81.8 Å². The molecular weight excluding hydrogens is 616 g/mol. The summed E-state index contributed by atoms with van der Waals surface area (Å²) in [7, 11) is -4.12. The number of thioether (sulfide) groups is 1. The van der Waals surface area contributed by atoms with Crippen LogP contribution < -0.4 is 19.1 Å². The first kappa shape index (κ1) is 32.2. The predicted molar refractivity (Wildman–Crippen MR) is 163 cm³/mol. The third kappa shape index (κ3) is 9.08. The van der Waals surface area contributed by atoms with Gasteiger partial charge in [0.25, 0.3) is 0 Å². The molecule has 0 aliphatic rings. The van der Waals surface area contributed by atoms with E-state index in [4.69, 9.17) is 48.6 Å². The normalized spacial score (nSPS) is 13.9. The fourth-order valence-corrected chi connectivity index (χ4v) is 6.86. The SMILES string of the molecule is CCC(CC(=O)[C@H](CCSC)NC=O)P(=O)(Oc1ccccc1)Oc1cc(Cl)ccc1Oc1ccc(Cl)cc1Cl. The van der Waals surface area contributed by atoms with Crippen molar-refractivity contribution < 1.29 is 27.9 Å². The van der Waals surface area contributed by atoms with E-state index in [1.807, 2.05) is 6.26 Å². The van der Waals surface area contributed by atoms with E-state index in [2.05, 4.69) is 5.32 Å². The van der Waals surface area contributed by atoms with Crippen LogP contribution in [0, 0.1) is 0 Å². The fourth-order valence-electron chi connectivity index (χ4n) is 3.76. The Hall–Kier alpha value is -2.35. The minimum Gasteiger partial charge on any atom is -0.452 e. The van der Waals surface area contributed by atoms with E-state index in [0.29, 0.717) is 34.4 Å². The predicted octanol–water partition coefficient (Wildman–Crippen LogP) is 8.70. The number of para-hydroxylation sites is 1. The quantitative estimate of drug-likeness (QED) is 0.123. The summed E-state index contributed by atoms with van der Waals surface area (Å²) in [4.78, 5) is 24.4. The summed E-state index contributed by atoms with van der Waals surface area (Å²) in [5, 5.41) is 3.56. The summed E-state index contributed by atoms with van der Waals surface area (Å²) in [5.41, 5.74) is -0.851. The minimum atomic E-state index is -4.12. The molecule has 7 nitrogen and oxygen atoms in total. The number of ether oxygens (including phenoxy) is 1. The Labute approximate surface area is 253 Å². The summed E-state index contributed by atoms with van der Waals surface area (Å²) < 4.78 is 32.7. The van der Waals surface area contributed by atoms with Crippen LogP contribution in [-0.2, 0) is 14.2 Å². The van der Waals surface area contributed by atoms with Crippen molar-refractivity contribution in [2.75, 3.05) is 12.0 Å². The van der Waals surface area contributed by atoms with Gasteiger partial charge in [-0.1, -0.05) is 59.9 Å². The molecule has 3 atom stereocenters. The standard InChI is InChI=1S/C28H29Cl3NO6PS/c1-3-22(17-25(34)24(32-18-33)13-14-40-2)39(35,37-21-7-5-4-6-8-21)38-28-16-20(30)10-12-27(28)36-26-11-9-19(29)15-23(26)31/h4-12,15-16,18,22,24H,3,13-14,17H2,1-2H3,(H,32,33)/t22?,24-,39?/m0/s1. The van der Waals surface area contributed by atoms with Crippen LogP contribution in [0.1, 0.15) is 26.2 Å². The van der Waals surface area contributed by atoms with Crippen LogP contribution in [0.2, 0.25) is 15.1 Å². The Bertz CT molecular complexity index is 1350. The van der Waals surface area contributed by atoms with Gasteiger partial charge in [-0.15, -0.1) is 0 Å². The van der Waals surface area contributed by atoms with Gasteiger partial charge in [0.05, 0.1) is 16.7 Å². The molecule has 0 heterocycles. The molecular formula is C28H29Cl3NO6PS. The number of ketones is 1. The van der Waals surface area contributed by atoms with Gasteiger partial charge in [0.1, 0.15) is 11.5 Å². The highest BCUT2D eigenvalue weighted by Crippen LogP contribution is 2.57. The topological polar surface area (TPSA) is 90.9 Å². The second-order valence-electron chi connectivity index (χ2n) is 8.65. The van der Waals surface area contributed by atoms with Crippen LogP contribution in [-0.4, -0.2) is 35.9 Å². The third-order valence-electron chi connectivity index (χ3n) is 5.84. The fraction of sp³-hybridized carbons (Fsp3) is 0.286. The largest absolute Gasteiger partial charge is 0.452 e. The number of hydrogen-bond donors (Lipinski definition) is 1. The van der Waals surface area contributed by atoms with Gasteiger partial charge < -0.3 is 19.1 Å². The molecule has 12 heteroatoms. The van der Waals surface area contributed by atoms with Gasteiger partial charge in [-0.3, -0.25) is 9.59 Å². The van der Waals surface area contributed by atoms with E-state index in [0.717, 1.165) is 0 Å². The van der Waals surface area contributed by atoms with Crippen molar-refractivity contribution in [3.63, 3.8) is 0 Å². The van der Waals surface area contributed by atoms with E-state index < -0.39 is 19.3 Å². The molecule has 214 valence electrons. The number of carbonyl (C=O) groups is 2. The first-order valence-corrected chi connectivity index (χ1v) is 16.5. The summed E-state index contributed by atoms with van der Waals surface area (Å²) >= 11 is 20.1. The molecule has 0 spiro atoms. The maximum absolute atomic E-state index is 14.6. The second-order valence-corrected chi connectivity index (χ2v) is 13.1. The van der Waals surface area contributed by atoms with Crippen molar-refractivity contribution in [1.29, 1.82) is 0 Å². The summed E-state index contributed by atoms with van der Waals surface area (Å²) in [6.07, 6.45) is 2.98. The average Bonchev–Trinajstić information content (AvgIpc) is 2.92. The van der Waals surface area contributed by atoms with Crippen LogP contribution >= 0.6 is 54.2 Å². The van der Waals surface area contributed by atoms with Gasteiger partial charge in [0.2, 0.25) is 6.41 Å². The van der Waals surface area contributed by atoms with Gasteiger partial charge in [-0.2, -0.15) is 11.8 Å². The van der Waals surface area contributed by atoms with Crippen LogP contribution in [0.25, 0.3) is 0 Å². The monoisotopic (exact) mass is 643 g/mol. The highest BCUT2D eigenvalue weighted by molar-refractivity contribution is 7.98. The van der Waals surface area contributed by atoms with Gasteiger partial charge in [-0.25, -0.2) is 4.57 Å². The molecule has 40 heavy (non-hydrogen) atoms. The van der Waals surface area contributed by atoms with Gasteiger partial charge >= 0.3 is 7.60 Å². The molecule has 0 saturated carbocycles. The smallest absolute Gasteiger partial charge is 0.434 e. The number of halogens is 3. The van der Waals surface area contributed by atoms with E-state index in [9.17, 15) is 14.2 Å². The molecule has 0 bridgehead atoms. The lowest BCUT2D eigenvalue weighted by Gasteiger charge is -2.28. The Morgan fingerprint density at radius 1 is 0.975 bits per heavy atom. The number of amides is 1. The average molecular weight is 645 g/mol. The van der Waals surface area contributed by atoms with E-state index in [1.54, 1.807) is 73.3 Å². The maximum atomic E-state index is 14.6. The number of Topliss-reactive ketones (excluding diaryl/α,β-unsaturated/α-hetero) is 1. The highest BCUT2D eigenvalue weighted by atomic mass is 35.5. The molecule has 2 unspecified atom stereocenters. The van der Waals surface area contributed by atoms with Crippen molar-refractivity contribution >= 4 is 66.4 Å². The van der Waals surface area contributed by atoms with Crippen LogP contribution in [0.15, 0.2) is 66.7 Å². The molecule has 1 amide bonds. The Balaban J connectivity index is 1.99. The molecule has 0 fully saturated rings. The molecule has 0 aliphatic heterocycles. The van der Waals surface area contributed by atoms with Crippen molar-refractivity contribution in [2.24, 2.45) is 0 Å². The number of nitrogens with one attached hydrogen (secondary N) is 1. The Morgan fingerprint density at radius 3 is 2.27 bits per heavy atom. The lowest BCUT2D eigenvalue weighted by Crippen LogP contribution is -2.38. The molecule has 0 aromatic heterocycles. The van der Waals surface area contributed by atoms with E-state index in [1.165, 1.54) is 12.1 Å². The summed E-state index contributed by atoms with van der Waals surface area (Å²) in [5.74, 6) is 1.19. The van der Waals surface area contributed by atoms with Crippen LogP contribution in [0.5, 0.6) is 23.0 Å². The number of benzene rings is 3. The zero-order valence-corrected chi connectivity index (χ0v) is 25.8. The van der Waals surface area contributed by atoms with E-state index in [-0.39, 0.29) is 40.9 Å². The molecule has 3 rings (SSSR count).